The van der Waals surface area contributed by atoms with Gasteiger partial charge in [-0.1, -0.05) is 11.6 Å². The van der Waals surface area contributed by atoms with Gasteiger partial charge in [-0.05, 0) is 17.7 Å². The second kappa shape index (κ2) is 3.61. The SMILES string of the molecule is Clc1cnc2c(-c3ccncc3)coc2c1. The van der Waals surface area contributed by atoms with Crippen LogP contribution >= 0.6 is 11.6 Å². The Bertz CT molecular complexity index is 634. The molecule has 3 heterocycles. The van der Waals surface area contributed by atoms with Crippen LogP contribution in [0.2, 0.25) is 5.02 Å². The van der Waals surface area contributed by atoms with E-state index in [9.17, 15) is 0 Å². The highest BCUT2D eigenvalue weighted by atomic mass is 35.5. The molecule has 0 spiro atoms. The highest BCUT2D eigenvalue weighted by molar-refractivity contribution is 6.31. The maximum Gasteiger partial charge on any atom is 0.154 e. The van der Waals surface area contributed by atoms with E-state index in [0.29, 0.717) is 10.6 Å². The van der Waals surface area contributed by atoms with Gasteiger partial charge in [-0.3, -0.25) is 9.97 Å². The first-order valence-corrected chi connectivity index (χ1v) is 5.15. The van der Waals surface area contributed by atoms with Gasteiger partial charge >= 0.3 is 0 Å². The van der Waals surface area contributed by atoms with Gasteiger partial charge in [-0.2, -0.15) is 0 Å². The van der Waals surface area contributed by atoms with E-state index in [1.54, 1.807) is 30.9 Å². The van der Waals surface area contributed by atoms with Crippen LogP contribution in [0.15, 0.2) is 47.5 Å². The molecule has 3 aromatic heterocycles. The summed E-state index contributed by atoms with van der Waals surface area (Å²) in [6, 6.07) is 5.59. The number of pyridine rings is 2. The highest BCUT2D eigenvalue weighted by Crippen LogP contribution is 2.29. The smallest absolute Gasteiger partial charge is 0.154 e. The van der Waals surface area contributed by atoms with Crippen LogP contribution in [0.4, 0.5) is 0 Å². The molecular weight excluding hydrogens is 224 g/mol. The first kappa shape index (κ1) is 9.36. The molecule has 78 valence electrons. The molecule has 3 rings (SSSR count). The number of hydrogen-bond donors (Lipinski definition) is 0. The Hall–Kier alpha value is -1.87. The van der Waals surface area contributed by atoms with E-state index in [4.69, 9.17) is 16.0 Å². The van der Waals surface area contributed by atoms with E-state index in [2.05, 4.69) is 9.97 Å². The molecule has 16 heavy (non-hydrogen) atoms. The normalized spacial score (nSPS) is 10.8. The van der Waals surface area contributed by atoms with Crippen molar-refractivity contribution in [2.75, 3.05) is 0 Å². The van der Waals surface area contributed by atoms with Crippen LogP contribution in [0.5, 0.6) is 0 Å². The average molecular weight is 231 g/mol. The second-order valence-corrected chi connectivity index (χ2v) is 3.82. The lowest BCUT2D eigenvalue weighted by Crippen LogP contribution is -1.79. The molecule has 0 aliphatic rings. The molecule has 0 saturated heterocycles. The third kappa shape index (κ3) is 1.46. The summed E-state index contributed by atoms with van der Waals surface area (Å²) in [5.74, 6) is 0. The van der Waals surface area contributed by atoms with Crippen molar-refractivity contribution in [2.24, 2.45) is 0 Å². The molecule has 0 radical (unpaired) electrons. The Balaban J connectivity index is 2.26. The number of fused-ring (bicyclic) bond motifs is 1. The van der Waals surface area contributed by atoms with Crippen LogP contribution in [0.3, 0.4) is 0 Å². The molecule has 0 saturated carbocycles. The van der Waals surface area contributed by atoms with E-state index >= 15 is 0 Å². The van der Waals surface area contributed by atoms with Crippen molar-refractivity contribution in [1.29, 1.82) is 0 Å². The summed E-state index contributed by atoms with van der Waals surface area (Å²) in [5, 5.41) is 0.572. The largest absolute Gasteiger partial charge is 0.462 e. The van der Waals surface area contributed by atoms with Crippen LogP contribution in [-0.2, 0) is 0 Å². The Morgan fingerprint density at radius 3 is 2.81 bits per heavy atom. The van der Waals surface area contributed by atoms with Gasteiger partial charge in [0.2, 0.25) is 0 Å². The standard InChI is InChI=1S/C12H7ClN2O/c13-9-5-11-12(15-6-9)10(7-16-11)8-1-3-14-4-2-8/h1-7H. The van der Waals surface area contributed by atoms with E-state index in [-0.39, 0.29) is 0 Å². The predicted molar refractivity (Wildman–Crippen MR) is 62.3 cm³/mol. The molecule has 0 amide bonds. The number of hydrogen-bond acceptors (Lipinski definition) is 3. The van der Waals surface area contributed by atoms with Crippen molar-refractivity contribution in [3.05, 3.63) is 48.1 Å². The highest BCUT2D eigenvalue weighted by Gasteiger charge is 2.09. The fraction of sp³-hybridized carbons (Fsp3) is 0. The molecule has 0 bridgehead atoms. The zero-order valence-corrected chi connectivity index (χ0v) is 8.98. The summed E-state index contributed by atoms with van der Waals surface area (Å²) in [6.45, 7) is 0. The number of nitrogens with zero attached hydrogens (tertiary/aromatic N) is 2. The van der Waals surface area contributed by atoms with Gasteiger partial charge in [0, 0.05) is 30.2 Å². The summed E-state index contributed by atoms with van der Waals surface area (Å²) in [7, 11) is 0. The first-order valence-electron chi connectivity index (χ1n) is 4.78. The zero-order valence-electron chi connectivity index (χ0n) is 8.22. The summed E-state index contributed by atoms with van der Waals surface area (Å²) in [6.07, 6.45) is 6.78. The predicted octanol–water partition coefficient (Wildman–Crippen LogP) is 3.54. The van der Waals surface area contributed by atoms with E-state index in [1.807, 2.05) is 12.1 Å². The molecule has 0 aliphatic heterocycles. The molecule has 0 fully saturated rings. The zero-order chi connectivity index (χ0) is 11.0. The number of halogens is 1. The van der Waals surface area contributed by atoms with E-state index in [1.165, 1.54) is 0 Å². The summed E-state index contributed by atoms with van der Waals surface area (Å²) < 4.78 is 5.42. The molecule has 0 aliphatic carbocycles. The van der Waals surface area contributed by atoms with Crippen LogP contribution in [0, 0.1) is 0 Å². The van der Waals surface area contributed by atoms with Crippen LogP contribution in [0.25, 0.3) is 22.2 Å². The average Bonchev–Trinajstić information content (AvgIpc) is 2.73. The summed E-state index contributed by atoms with van der Waals surface area (Å²) >= 11 is 5.84. The van der Waals surface area contributed by atoms with Crippen LogP contribution in [-0.4, -0.2) is 9.97 Å². The maximum absolute atomic E-state index is 5.84. The Kier molecular flexibility index (Phi) is 2.11. The molecule has 0 unspecified atom stereocenters. The minimum Gasteiger partial charge on any atom is -0.462 e. The maximum atomic E-state index is 5.84. The first-order chi connectivity index (χ1) is 7.84. The van der Waals surface area contributed by atoms with Gasteiger partial charge in [0.15, 0.2) is 5.58 Å². The van der Waals surface area contributed by atoms with Crippen LogP contribution in [0.1, 0.15) is 0 Å². The van der Waals surface area contributed by atoms with Crippen molar-refractivity contribution in [3.8, 4) is 11.1 Å². The summed E-state index contributed by atoms with van der Waals surface area (Å²) in [4.78, 5) is 8.25. The van der Waals surface area contributed by atoms with Gasteiger partial charge in [0.1, 0.15) is 11.8 Å². The molecule has 3 nitrogen and oxygen atoms in total. The monoisotopic (exact) mass is 230 g/mol. The second-order valence-electron chi connectivity index (χ2n) is 3.39. The minimum absolute atomic E-state index is 0.572. The number of rotatable bonds is 1. The molecule has 4 heteroatoms. The number of furan rings is 1. The van der Waals surface area contributed by atoms with Gasteiger partial charge < -0.3 is 4.42 Å². The topological polar surface area (TPSA) is 38.9 Å². The lowest BCUT2D eigenvalue weighted by atomic mass is 10.1. The number of aromatic nitrogens is 2. The van der Waals surface area contributed by atoms with Gasteiger partial charge in [0.25, 0.3) is 0 Å². The molecule has 0 aromatic carbocycles. The Morgan fingerprint density at radius 2 is 2.00 bits per heavy atom. The van der Waals surface area contributed by atoms with Crippen molar-refractivity contribution >= 4 is 22.7 Å². The van der Waals surface area contributed by atoms with Crippen molar-refractivity contribution < 1.29 is 4.42 Å². The fourth-order valence-corrected chi connectivity index (χ4v) is 1.78. The van der Waals surface area contributed by atoms with Crippen molar-refractivity contribution in [2.45, 2.75) is 0 Å². The third-order valence-electron chi connectivity index (χ3n) is 2.37. The van der Waals surface area contributed by atoms with Crippen molar-refractivity contribution in [1.82, 2.24) is 9.97 Å². The fourth-order valence-electron chi connectivity index (χ4n) is 1.63. The lowest BCUT2D eigenvalue weighted by Gasteiger charge is -1.96. The Labute approximate surface area is 96.7 Å². The third-order valence-corrected chi connectivity index (χ3v) is 2.58. The minimum atomic E-state index is 0.572. The van der Waals surface area contributed by atoms with Gasteiger partial charge in [-0.25, -0.2) is 0 Å². The molecule has 0 N–H and O–H groups in total. The summed E-state index contributed by atoms with van der Waals surface area (Å²) in [5.41, 5.74) is 3.49. The lowest BCUT2D eigenvalue weighted by molar-refractivity contribution is 0.616. The molecule has 0 atom stereocenters. The van der Waals surface area contributed by atoms with Crippen molar-refractivity contribution in [3.63, 3.8) is 0 Å². The van der Waals surface area contributed by atoms with Gasteiger partial charge in [0.05, 0.1) is 5.02 Å². The van der Waals surface area contributed by atoms with Gasteiger partial charge in [-0.15, -0.1) is 0 Å². The molecular formula is C12H7ClN2O. The van der Waals surface area contributed by atoms with E-state index in [0.717, 1.165) is 16.6 Å². The van der Waals surface area contributed by atoms with E-state index < -0.39 is 0 Å². The quantitative estimate of drug-likeness (QED) is 0.642. The molecule has 3 aromatic rings. The van der Waals surface area contributed by atoms with Crippen LogP contribution < -0.4 is 0 Å². The Morgan fingerprint density at radius 1 is 1.19 bits per heavy atom.